The average Bonchev–Trinajstić information content (AvgIpc) is 3.25. The number of aryl methyl sites for hydroxylation is 2. The second-order valence-corrected chi connectivity index (χ2v) is 7.28. The van der Waals surface area contributed by atoms with Gasteiger partial charge in [-0.25, -0.2) is 4.79 Å². The zero-order chi connectivity index (χ0) is 16.9. The van der Waals surface area contributed by atoms with E-state index in [9.17, 15) is 4.79 Å². The maximum Gasteiger partial charge on any atom is 0.317 e. The molecule has 134 valence electrons. The van der Waals surface area contributed by atoms with Crippen molar-refractivity contribution in [1.82, 2.24) is 10.2 Å². The molecule has 1 N–H and O–H groups in total. The molecule has 3 heterocycles. The summed E-state index contributed by atoms with van der Waals surface area (Å²) in [6, 6.07) is 4.22. The van der Waals surface area contributed by atoms with Crippen molar-refractivity contribution in [3.05, 3.63) is 23.7 Å². The molecule has 1 aromatic heterocycles. The van der Waals surface area contributed by atoms with Gasteiger partial charge in [0, 0.05) is 32.2 Å². The van der Waals surface area contributed by atoms with Gasteiger partial charge in [0.25, 0.3) is 0 Å². The summed E-state index contributed by atoms with van der Waals surface area (Å²) in [6.07, 6.45) is 6.71. The fourth-order valence-electron chi connectivity index (χ4n) is 3.80. The summed E-state index contributed by atoms with van der Waals surface area (Å²) in [5.74, 6) is 2.57. The van der Waals surface area contributed by atoms with Gasteiger partial charge in [-0.05, 0) is 64.0 Å². The third-order valence-corrected chi connectivity index (χ3v) is 5.31. The molecular formula is C19H30N2O3. The van der Waals surface area contributed by atoms with E-state index in [-0.39, 0.29) is 12.1 Å². The number of urea groups is 1. The van der Waals surface area contributed by atoms with E-state index >= 15 is 0 Å². The van der Waals surface area contributed by atoms with Gasteiger partial charge in [0.15, 0.2) is 0 Å². The van der Waals surface area contributed by atoms with E-state index in [1.165, 1.54) is 12.8 Å². The molecule has 0 radical (unpaired) electrons. The molecule has 3 rings (SSSR count). The number of rotatable bonds is 5. The first-order valence-corrected chi connectivity index (χ1v) is 9.34. The molecule has 2 aliphatic rings. The quantitative estimate of drug-likeness (QED) is 0.896. The Balaban J connectivity index is 1.37. The topological polar surface area (TPSA) is 54.7 Å². The van der Waals surface area contributed by atoms with Crippen LogP contribution in [0.1, 0.15) is 50.5 Å². The van der Waals surface area contributed by atoms with Crippen LogP contribution in [0.2, 0.25) is 0 Å². The number of amides is 2. The molecule has 5 nitrogen and oxygen atoms in total. The first kappa shape index (κ1) is 17.3. The first-order valence-electron chi connectivity index (χ1n) is 9.34. The van der Waals surface area contributed by atoms with Crippen LogP contribution >= 0.6 is 0 Å². The minimum absolute atomic E-state index is 0.0731. The van der Waals surface area contributed by atoms with Gasteiger partial charge in [-0.15, -0.1) is 0 Å². The van der Waals surface area contributed by atoms with Gasteiger partial charge in [0.1, 0.15) is 11.5 Å². The van der Waals surface area contributed by atoms with E-state index in [4.69, 9.17) is 9.15 Å². The van der Waals surface area contributed by atoms with Crippen molar-refractivity contribution in [3.63, 3.8) is 0 Å². The first-order chi connectivity index (χ1) is 11.6. The Kier molecular flexibility index (Phi) is 5.82. The third kappa shape index (κ3) is 4.53. The number of furan rings is 1. The van der Waals surface area contributed by atoms with Crippen molar-refractivity contribution in [1.29, 1.82) is 0 Å². The summed E-state index contributed by atoms with van der Waals surface area (Å²) in [4.78, 5) is 14.4. The zero-order valence-corrected chi connectivity index (χ0v) is 14.9. The lowest BCUT2D eigenvalue weighted by atomic mass is 9.90. The molecule has 2 fully saturated rings. The van der Waals surface area contributed by atoms with Crippen molar-refractivity contribution < 1.29 is 13.9 Å². The highest BCUT2D eigenvalue weighted by Crippen LogP contribution is 2.28. The van der Waals surface area contributed by atoms with Crippen molar-refractivity contribution in [3.8, 4) is 0 Å². The van der Waals surface area contributed by atoms with Crippen molar-refractivity contribution in [2.45, 2.75) is 64.5 Å². The van der Waals surface area contributed by atoms with Crippen molar-refractivity contribution in [2.75, 3.05) is 19.7 Å². The second kappa shape index (κ2) is 8.06. The van der Waals surface area contributed by atoms with Crippen LogP contribution in [0, 0.1) is 12.8 Å². The number of piperidine rings is 1. The van der Waals surface area contributed by atoms with E-state index in [0.717, 1.165) is 56.9 Å². The number of carbonyl (C=O) groups is 1. The van der Waals surface area contributed by atoms with E-state index in [1.54, 1.807) is 0 Å². The van der Waals surface area contributed by atoms with E-state index < -0.39 is 0 Å². The maximum atomic E-state index is 12.4. The summed E-state index contributed by atoms with van der Waals surface area (Å²) in [7, 11) is 0. The molecule has 2 aliphatic heterocycles. The van der Waals surface area contributed by atoms with E-state index in [2.05, 4.69) is 12.2 Å². The number of nitrogens with one attached hydrogen (secondary N) is 1. The predicted octanol–water partition coefficient (Wildman–Crippen LogP) is 3.51. The lowest BCUT2D eigenvalue weighted by Gasteiger charge is -2.35. The van der Waals surface area contributed by atoms with Gasteiger partial charge in [-0.2, -0.15) is 0 Å². The number of ether oxygens (including phenoxy) is 1. The molecule has 2 saturated heterocycles. The molecule has 0 aromatic carbocycles. The summed E-state index contributed by atoms with van der Waals surface area (Å²) in [5, 5.41) is 3.13. The summed E-state index contributed by atoms with van der Waals surface area (Å²) < 4.78 is 11.4. The largest absolute Gasteiger partial charge is 0.466 e. The Bertz CT molecular complexity index is 528. The highest BCUT2D eigenvalue weighted by Gasteiger charge is 2.31. The molecule has 0 spiro atoms. The van der Waals surface area contributed by atoms with Gasteiger partial charge in [-0.3, -0.25) is 0 Å². The Labute approximate surface area is 144 Å². The fraction of sp³-hybridized carbons (Fsp3) is 0.737. The number of hydrogen-bond donors (Lipinski definition) is 1. The van der Waals surface area contributed by atoms with Crippen LogP contribution in [0.3, 0.4) is 0 Å². The van der Waals surface area contributed by atoms with Crippen LogP contribution in [0.25, 0.3) is 0 Å². The molecule has 0 saturated carbocycles. The van der Waals surface area contributed by atoms with E-state index in [1.807, 2.05) is 24.0 Å². The van der Waals surface area contributed by atoms with Gasteiger partial charge in [0.05, 0.1) is 6.10 Å². The normalized spacial score (nSPS) is 23.4. The highest BCUT2D eigenvalue weighted by atomic mass is 16.5. The molecule has 24 heavy (non-hydrogen) atoms. The predicted molar refractivity (Wildman–Crippen MR) is 93.0 cm³/mol. The molecule has 0 bridgehead atoms. The van der Waals surface area contributed by atoms with Crippen LogP contribution < -0.4 is 5.32 Å². The van der Waals surface area contributed by atoms with Gasteiger partial charge in [-0.1, -0.05) is 0 Å². The maximum absolute atomic E-state index is 12.4. The van der Waals surface area contributed by atoms with Gasteiger partial charge in [0.2, 0.25) is 0 Å². The third-order valence-electron chi connectivity index (χ3n) is 5.31. The monoisotopic (exact) mass is 334 g/mol. The lowest BCUT2D eigenvalue weighted by molar-refractivity contribution is 0.0370. The molecule has 0 aliphatic carbocycles. The molecule has 1 aromatic rings. The lowest BCUT2D eigenvalue weighted by Crippen LogP contribution is -2.48. The number of likely N-dealkylation sites (tertiary alicyclic amines) is 1. The van der Waals surface area contributed by atoms with Crippen LogP contribution in [0.5, 0.6) is 0 Å². The summed E-state index contributed by atoms with van der Waals surface area (Å²) in [5.41, 5.74) is 0. The summed E-state index contributed by atoms with van der Waals surface area (Å²) in [6.45, 7) is 6.63. The Morgan fingerprint density at radius 2 is 2.12 bits per heavy atom. The molecule has 5 heteroatoms. The molecule has 2 atom stereocenters. The van der Waals surface area contributed by atoms with E-state index in [0.29, 0.717) is 12.0 Å². The Hall–Kier alpha value is -1.49. The van der Waals surface area contributed by atoms with Crippen LogP contribution in [0.15, 0.2) is 16.5 Å². The zero-order valence-electron chi connectivity index (χ0n) is 14.9. The summed E-state index contributed by atoms with van der Waals surface area (Å²) >= 11 is 0. The number of hydrogen-bond acceptors (Lipinski definition) is 3. The minimum atomic E-state index is 0.0731. The molecule has 0 unspecified atom stereocenters. The Morgan fingerprint density at radius 3 is 2.75 bits per heavy atom. The smallest absolute Gasteiger partial charge is 0.317 e. The van der Waals surface area contributed by atoms with Gasteiger partial charge < -0.3 is 19.4 Å². The molecule has 2 amide bonds. The van der Waals surface area contributed by atoms with Gasteiger partial charge >= 0.3 is 6.03 Å². The number of carbonyl (C=O) groups excluding carboxylic acids is 1. The Morgan fingerprint density at radius 1 is 1.33 bits per heavy atom. The van der Waals surface area contributed by atoms with Crippen molar-refractivity contribution >= 4 is 6.03 Å². The number of nitrogens with zero attached hydrogens (tertiary/aromatic N) is 1. The fourth-order valence-corrected chi connectivity index (χ4v) is 3.80. The standard InChI is InChI=1S/C19H30N2O3/c1-14(5-7-17-8-6-15(2)24-17)20-19(22)21-11-9-16(10-12-21)18-4-3-13-23-18/h6,8,14,16,18H,3-5,7,9-13H2,1-2H3,(H,20,22)/t14-,18+/m1/s1. The highest BCUT2D eigenvalue weighted by molar-refractivity contribution is 5.74. The van der Waals surface area contributed by atoms with Crippen LogP contribution in [-0.2, 0) is 11.2 Å². The SMILES string of the molecule is Cc1ccc(CC[C@@H](C)NC(=O)N2CCC([C@@H]3CCCO3)CC2)o1. The minimum Gasteiger partial charge on any atom is -0.466 e. The van der Waals surface area contributed by atoms with Crippen molar-refractivity contribution in [2.24, 2.45) is 5.92 Å². The molecular weight excluding hydrogens is 304 g/mol. The van der Waals surface area contributed by atoms with Crippen LogP contribution in [0.4, 0.5) is 4.79 Å². The second-order valence-electron chi connectivity index (χ2n) is 7.28. The average molecular weight is 334 g/mol. The van der Waals surface area contributed by atoms with Crippen LogP contribution in [-0.4, -0.2) is 42.8 Å².